The Kier molecular flexibility index (Phi) is 4.70. The Balaban J connectivity index is 1.49. The van der Waals surface area contributed by atoms with Crippen LogP contribution in [0.5, 0.6) is 28.7 Å². The topological polar surface area (TPSA) is 137 Å². The number of phenolic OH excluding ortho intramolecular Hbond substituents is 3. The summed E-state index contributed by atoms with van der Waals surface area (Å²) in [5.74, 6) is -1.74. The fraction of sp³-hybridized carbons (Fsp3) is 0.176. The molecular formula is C17H16N2O7. The van der Waals surface area contributed by atoms with Gasteiger partial charge in [0.15, 0.2) is 28.7 Å². The molecule has 0 saturated heterocycles. The smallest absolute Gasteiger partial charge is 0.251 e. The molecule has 3 rings (SSSR count). The molecule has 0 spiro atoms. The lowest BCUT2D eigenvalue weighted by molar-refractivity contribution is 0.0927. The van der Waals surface area contributed by atoms with Crippen LogP contribution in [-0.4, -0.2) is 47.0 Å². The summed E-state index contributed by atoms with van der Waals surface area (Å²) in [5.41, 5.74) is 0.369. The van der Waals surface area contributed by atoms with Crippen molar-refractivity contribution >= 4 is 11.8 Å². The van der Waals surface area contributed by atoms with Gasteiger partial charge < -0.3 is 35.4 Å². The van der Waals surface area contributed by atoms with Gasteiger partial charge in [-0.1, -0.05) is 0 Å². The predicted molar refractivity (Wildman–Crippen MR) is 88.7 cm³/mol. The zero-order chi connectivity index (χ0) is 18.7. The van der Waals surface area contributed by atoms with Crippen LogP contribution >= 0.6 is 0 Å². The first-order valence-electron chi connectivity index (χ1n) is 7.66. The average Bonchev–Trinajstić information content (AvgIpc) is 3.10. The molecule has 26 heavy (non-hydrogen) atoms. The molecule has 0 unspecified atom stereocenters. The van der Waals surface area contributed by atoms with Crippen LogP contribution < -0.4 is 20.1 Å². The van der Waals surface area contributed by atoms with Crippen LogP contribution in [0, 0.1) is 0 Å². The number of amides is 2. The molecule has 2 amide bonds. The number of hydrogen-bond acceptors (Lipinski definition) is 7. The molecule has 0 aromatic heterocycles. The Labute approximate surface area is 147 Å². The van der Waals surface area contributed by atoms with Crippen LogP contribution in [-0.2, 0) is 0 Å². The van der Waals surface area contributed by atoms with Gasteiger partial charge in [-0.25, -0.2) is 0 Å². The maximum atomic E-state index is 12.1. The molecule has 0 atom stereocenters. The van der Waals surface area contributed by atoms with Crippen LogP contribution in [0.1, 0.15) is 20.7 Å². The summed E-state index contributed by atoms with van der Waals surface area (Å²) in [6.45, 7) is 0.404. The summed E-state index contributed by atoms with van der Waals surface area (Å²) < 4.78 is 10.4. The zero-order valence-electron chi connectivity index (χ0n) is 13.5. The van der Waals surface area contributed by atoms with Crippen molar-refractivity contribution in [1.82, 2.24) is 10.6 Å². The van der Waals surface area contributed by atoms with Gasteiger partial charge in [0.25, 0.3) is 11.8 Å². The minimum atomic E-state index is -0.697. The lowest BCUT2D eigenvalue weighted by Crippen LogP contribution is -2.34. The van der Waals surface area contributed by atoms with E-state index in [1.54, 1.807) is 18.2 Å². The SMILES string of the molecule is O=C(NCCNC(=O)c1ccc2c(c1)OCO2)c1cc(O)c(O)c(O)c1. The molecule has 0 saturated carbocycles. The van der Waals surface area contributed by atoms with Gasteiger partial charge in [-0.3, -0.25) is 9.59 Å². The van der Waals surface area contributed by atoms with Crippen molar-refractivity contribution in [2.75, 3.05) is 19.9 Å². The highest BCUT2D eigenvalue weighted by molar-refractivity contribution is 5.96. The summed E-state index contributed by atoms with van der Waals surface area (Å²) in [4.78, 5) is 24.0. The van der Waals surface area contributed by atoms with Gasteiger partial charge in [0.2, 0.25) is 6.79 Å². The van der Waals surface area contributed by atoms with Crippen molar-refractivity contribution in [2.24, 2.45) is 0 Å². The molecule has 2 aromatic rings. The Hall–Kier alpha value is -3.62. The highest BCUT2D eigenvalue weighted by Crippen LogP contribution is 2.35. The van der Waals surface area contributed by atoms with Crippen molar-refractivity contribution in [3.05, 3.63) is 41.5 Å². The van der Waals surface area contributed by atoms with Crippen molar-refractivity contribution in [3.8, 4) is 28.7 Å². The number of ether oxygens (including phenoxy) is 2. The molecule has 0 bridgehead atoms. The van der Waals surface area contributed by atoms with Crippen molar-refractivity contribution < 1.29 is 34.4 Å². The highest BCUT2D eigenvalue weighted by Gasteiger charge is 2.16. The van der Waals surface area contributed by atoms with Crippen LogP contribution in [0.2, 0.25) is 0 Å². The van der Waals surface area contributed by atoms with E-state index < -0.39 is 23.2 Å². The van der Waals surface area contributed by atoms with Gasteiger partial charge in [0.1, 0.15) is 0 Å². The number of rotatable bonds is 5. The van der Waals surface area contributed by atoms with Crippen molar-refractivity contribution in [2.45, 2.75) is 0 Å². The van der Waals surface area contributed by atoms with E-state index in [1.165, 1.54) is 0 Å². The van der Waals surface area contributed by atoms with Crippen molar-refractivity contribution in [3.63, 3.8) is 0 Å². The highest BCUT2D eigenvalue weighted by atomic mass is 16.7. The van der Waals surface area contributed by atoms with Gasteiger partial charge in [0.05, 0.1) is 0 Å². The van der Waals surface area contributed by atoms with Gasteiger partial charge >= 0.3 is 0 Å². The van der Waals surface area contributed by atoms with E-state index in [2.05, 4.69) is 10.6 Å². The summed E-state index contributed by atoms with van der Waals surface area (Å²) in [6.07, 6.45) is 0. The third kappa shape index (κ3) is 3.56. The first kappa shape index (κ1) is 17.2. The Morgan fingerprint density at radius 2 is 1.42 bits per heavy atom. The monoisotopic (exact) mass is 360 g/mol. The fourth-order valence-corrected chi connectivity index (χ4v) is 2.33. The van der Waals surface area contributed by atoms with Crippen LogP contribution in [0.15, 0.2) is 30.3 Å². The van der Waals surface area contributed by atoms with E-state index >= 15 is 0 Å². The molecule has 136 valence electrons. The van der Waals surface area contributed by atoms with E-state index in [0.29, 0.717) is 17.1 Å². The van der Waals surface area contributed by atoms with E-state index in [1.807, 2.05) is 0 Å². The van der Waals surface area contributed by atoms with Crippen molar-refractivity contribution in [1.29, 1.82) is 0 Å². The molecule has 0 aliphatic carbocycles. The number of phenols is 3. The second-order valence-corrected chi connectivity index (χ2v) is 5.44. The van der Waals surface area contributed by atoms with Gasteiger partial charge in [-0.05, 0) is 30.3 Å². The molecular weight excluding hydrogens is 344 g/mol. The Bertz CT molecular complexity index is 843. The van der Waals surface area contributed by atoms with Crippen LogP contribution in [0.25, 0.3) is 0 Å². The number of fused-ring (bicyclic) bond motifs is 1. The standard InChI is InChI=1S/C17H16N2O7/c20-11-5-10(6-12(21)15(11)22)17(24)19-4-3-18-16(23)9-1-2-13-14(7-9)26-8-25-13/h1-2,5-7,20-22H,3-4,8H2,(H,18,23)(H,19,24). The molecule has 9 heteroatoms. The zero-order valence-corrected chi connectivity index (χ0v) is 13.5. The molecule has 1 heterocycles. The Morgan fingerprint density at radius 3 is 2.08 bits per heavy atom. The molecule has 0 radical (unpaired) electrons. The maximum absolute atomic E-state index is 12.1. The summed E-state index contributed by atoms with van der Waals surface area (Å²) in [6, 6.07) is 6.86. The molecule has 1 aliphatic heterocycles. The van der Waals surface area contributed by atoms with Gasteiger partial charge in [-0.15, -0.1) is 0 Å². The van der Waals surface area contributed by atoms with E-state index in [0.717, 1.165) is 12.1 Å². The second-order valence-electron chi connectivity index (χ2n) is 5.44. The summed E-state index contributed by atoms with van der Waals surface area (Å²) in [7, 11) is 0. The predicted octanol–water partition coefficient (Wildman–Crippen LogP) is 0.692. The fourth-order valence-electron chi connectivity index (χ4n) is 2.33. The van der Waals surface area contributed by atoms with E-state index in [-0.39, 0.29) is 31.4 Å². The lowest BCUT2D eigenvalue weighted by Gasteiger charge is -2.09. The molecule has 9 nitrogen and oxygen atoms in total. The number of hydrogen-bond donors (Lipinski definition) is 5. The Morgan fingerprint density at radius 1 is 0.846 bits per heavy atom. The maximum Gasteiger partial charge on any atom is 0.251 e. The molecule has 5 N–H and O–H groups in total. The number of nitrogens with one attached hydrogen (secondary N) is 2. The second kappa shape index (κ2) is 7.09. The summed E-state index contributed by atoms with van der Waals surface area (Å²) >= 11 is 0. The minimum absolute atomic E-state index is 0.0279. The lowest BCUT2D eigenvalue weighted by atomic mass is 10.1. The largest absolute Gasteiger partial charge is 0.504 e. The third-order valence-corrected chi connectivity index (χ3v) is 3.66. The third-order valence-electron chi connectivity index (χ3n) is 3.66. The number of benzene rings is 2. The number of aromatic hydroxyl groups is 3. The first-order chi connectivity index (χ1) is 12.5. The quantitative estimate of drug-likeness (QED) is 0.391. The average molecular weight is 360 g/mol. The van der Waals surface area contributed by atoms with Gasteiger partial charge in [0, 0.05) is 24.2 Å². The van der Waals surface area contributed by atoms with Crippen LogP contribution in [0.3, 0.4) is 0 Å². The number of carbonyl (C=O) groups is 2. The van der Waals surface area contributed by atoms with E-state index in [9.17, 15) is 24.9 Å². The minimum Gasteiger partial charge on any atom is -0.504 e. The first-order valence-corrected chi connectivity index (χ1v) is 7.66. The van der Waals surface area contributed by atoms with E-state index in [4.69, 9.17) is 9.47 Å². The molecule has 0 fully saturated rings. The van der Waals surface area contributed by atoms with Gasteiger partial charge in [-0.2, -0.15) is 0 Å². The number of carbonyl (C=O) groups excluding carboxylic acids is 2. The molecule has 2 aromatic carbocycles. The summed E-state index contributed by atoms with van der Waals surface area (Å²) in [5, 5.41) is 33.2. The normalized spacial score (nSPS) is 11.8. The molecule has 1 aliphatic rings. The van der Waals surface area contributed by atoms with Crippen LogP contribution in [0.4, 0.5) is 0 Å².